The fourth-order valence-corrected chi connectivity index (χ4v) is 3.24. The molecule has 1 saturated heterocycles. The third kappa shape index (κ3) is 5.40. The lowest BCUT2D eigenvalue weighted by Gasteiger charge is -2.28. The van der Waals surface area contributed by atoms with Crippen LogP contribution in [0.3, 0.4) is 0 Å². The van der Waals surface area contributed by atoms with Gasteiger partial charge < -0.3 is 19.7 Å². The molecule has 0 atom stereocenters. The molecule has 1 fully saturated rings. The highest BCUT2D eigenvalue weighted by Crippen LogP contribution is 2.18. The number of aryl methyl sites for hydroxylation is 1. The van der Waals surface area contributed by atoms with Crippen LogP contribution in [0.4, 0.5) is 5.82 Å². The molecular formula is C17H22N4O3S. The van der Waals surface area contributed by atoms with Gasteiger partial charge in [0.05, 0.1) is 26.2 Å². The van der Waals surface area contributed by atoms with Gasteiger partial charge in [0.2, 0.25) is 11.8 Å². The Morgan fingerprint density at radius 1 is 1.40 bits per heavy atom. The fraction of sp³-hybridized carbons (Fsp3) is 0.471. The van der Waals surface area contributed by atoms with Gasteiger partial charge >= 0.3 is 0 Å². The molecule has 0 spiro atoms. The Balaban J connectivity index is 1.46. The molecule has 0 unspecified atom stereocenters. The number of rotatable bonds is 7. The van der Waals surface area contributed by atoms with E-state index >= 15 is 0 Å². The summed E-state index contributed by atoms with van der Waals surface area (Å²) in [5.74, 6) is 2.05. The zero-order chi connectivity index (χ0) is 17.5. The molecule has 0 aromatic carbocycles. The number of carbonyl (C=O) groups is 1. The van der Waals surface area contributed by atoms with Crippen molar-refractivity contribution in [1.82, 2.24) is 15.3 Å². The summed E-state index contributed by atoms with van der Waals surface area (Å²) in [7, 11) is 0. The maximum Gasteiger partial charge on any atom is 0.225 e. The van der Waals surface area contributed by atoms with Crippen LogP contribution in [-0.2, 0) is 16.0 Å². The van der Waals surface area contributed by atoms with Gasteiger partial charge in [-0.15, -0.1) is 11.3 Å². The predicted molar refractivity (Wildman–Crippen MR) is 96.3 cm³/mol. The van der Waals surface area contributed by atoms with Crippen LogP contribution >= 0.6 is 11.3 Å². The molecule has 134 valence electrons. The van der Waals surface area contributed by atoms with E-state index < -0.39 is 0 Å². The number of aromatic nitrogens is 2. The minimum Gasteiger partial charge on any atom is -0.476 e. The van der Waals surface area contributed by atoms with E-state index in [2.05, 4.69) is 20.2 Å². The second kappa shape index (κ2) is 8.77. The zero-order valence-electron chi connectivity index (χ0n) is 14.2. The summed E-state index contributed by atoms with van der Waals surface area (Å²) in [4.78, 5) is 23.8. The second-order valence-corrected chi connectivity index (χ2v) is 6.70. The number of thiophene rings is 1. The molecule has 0 radical (unpaired) electrons. The minimum absolute atomic E-state index is 0.000996. The van der Waals surface area contributed by atoms with E-state index in [0.29, 0.717) is 44.5 Å². The van der Waals surface area contributed by atoms with Gasteiger partial charge in [0.15, 0.2) is 0 Å². The molecule has 1 aliphatic heterocycles. The summed E-state index contributed by atoms with van der Waals surface area (Å²) in [5.41, 5.74) is 0. The number of morpholine rings is 1. The van der Waals surface area contributed by atoms with Gasteiger partial charge in [-0.25, -0.2) is 4.98 Å². The van der Waals surface area contributed by atoms with E-state index in [9.17, 15) is 4.79 Å². The third-order valence-electron chi connectivity index (χ3n) is 3.73. The smallest absolute Gasteiger partial charge is 0.225 e. The van der Waals surface area contributed by atoms with Crippen LogP contribution < -0.4 is 15.0 Å². The molecule has 2 aromatic rings. The van der Waals surface area contributed by atoms with E-state index in [4.69, 9.17) is 9.47 Å². The molecule has 2 aromatic heterocycles. The number of hydrogen-bond donors (Lipinski definition) is 1. The molecular weight excluding hydrogens is 340 g/mol. The Hall–Kier alpha value is -2.19. The lowest BCUT2D eigenvalue weighted by Crippen LogP contribution is -2.37. The Labute approximate surface area is 151 Å². The summed E-state index contributed by atoms with van der Waals surface area (Å²) in [6.45, 7) is 5.70. The summed E-state index contributed by atoms with van der Waals surface area (Å²) in [5, 5.41) is 4.82. The van der Waals surface area contributed by atoms with Crippen molar-refractivity contribution in [3.05, 3.63) is 34.3 Å². The van der Waals surface area contributed by atoms with Crippen LogP contribution in [0.5, 0.6) is 5.88 Å². The van der Waals surface area contributed by atoms with Crippen molar-refractivity contribution in [2.24, 2.45) is 0 Å². The Kier molecular flexibility index (Phi) is 6.19. The topological polar surface area (TPSA) is 76.6 Å². The second-order valence-electron chi connectivity index (χ2n) is 5.67. The van der Waals surface area contributed by atoms with Gasteiger partial charge in [0, 0.05) is 24.0 Å². The lowest BCUT2D eigenvalue weighted by atomic mass is 10.3. The predicted octanol–water partition coefficient (Wildman–Crippen LogP) is 1.42. The quantitative estimate of drug-likeness (QED) is 0.751. The third-order valence-corrected chi connectivity index (χ3v) is 4.60. The van der Waals surface area contributed by atoms with Crippen molar-refractivity contribution in [1.29, 1.82) is 0 Å². The number of carbonyl (C=O) groups excluding carboxylic acids is 1. The van der Waals surface area contributed by atoms with Crippen molar-refractivity contribution in [3.8, 4) is 5.88 Å². The SMILES string of the molecule is Cc1nc(OCCNC(=O)Cc2cccs2)cc(N2CCOCC2)n1. The average Bonchev–Trinajstić information content (AvgIpc) is 3.12. The van der Waals surface area contributed by atoms with E-state index in [0.717, 1.165) is 23.8 Å². The molecule has 1 N–H and O–H groups in total. The van der Waals surface area contributed by atoms with Crippen LogP contribution in [0.2, 0.25) is 0 Å². The number of nitrogens with zero attached hydrogens (tertiary/aromatic N) is 3. The summed E-state index contributed by atoms with van der Waals surface area (Å²) < 4.78 is 11.0. The molecule has 8 heteroatoms. The van der Waals surface area contributed by atoms with E-state index in [1.54, 1.807) is 11.3 Å². The zero-order valence-corrected chi connectivity index (χ0v) is 15.1. The highest BCUT2D eigenvalue weighted by molar-refractivity contribution is 7.10. The summed E-state index contributed by atoms with van der Waals surface area (Å²) in [6, 6.07) is 5.74. The van der Waals surface area contributed by atoms with E-state index in [1.165, 1.54) is 0 Å². The van der Waals surface area contributed by atoms with E-state index in [1.807, 2.05) is 30.5 Å². The first kappa shape index (κ1) is 17.6. The molecule has 3 heterocycles. The molecule has 1 aliphatic rings. The standard InChI is InChI=1S/C17H22N4O3S/c1-13-19-15(21-5-8-23-9-6-21)12-17(20-13)24-7-4-18-16(22)11-14-3-2-10-25-14/h2-3,10,12H,4-9,11H2,1H3,(H,18,22). The average molecular weight is 362 g/mol. The molecule has 0 bridgehead atoms. The van der Waals surface area contributed by atoms with Crippen LogP contribution in [0.25, 0.3) is 0 Å². The van der Waals surface area contributed by atoms with E-state index in [-0.39, 0.29) is 5.91 Å². The van der Waals surface area contributed by atoms with Gasteiger partial charge in [0.1, 0.15) is 18.2 Å². The summed E-state index contributed by atoms with van der Waals surface area (Å²) >= 11 is 1.58. The number of nitrogens with one attached hydrogen (secondary N) is 1. The molecule has 3 rings (SSSR count). The van der Waals surface area contributed by atoms with Gasteiger partial charge in [-0.05, 0) is 18.4 Å². The molecule has 0 saturated carbocycles. The van der Waals surface area contributed by atoms with Crippen LogP contribution in [-0.4, -0.2) is 55.3 Å². The molecule has 25 heavy (non-hydrogen) atoms. The van der Waals surface area contributed by atoms with Gasteiger partial charge in [-0.1, -0.05) is 6.07 Å². The molecule has 7 nitrogen and oxygen atoms in total. The monoisotopic (exact) mass is 362 g/mol. The van der Waals surface area contributed by atoms with Crippen LogP contribution in [0, 0.1) is 6.92 Å². The first-order chi connectivity index (χ1) is 12.2. The van der Waals surface area contributed by atoms with Crippen molar-refractivity contribution in [3.63, 3.8) is 0 Å². The fourth-order valence-electron chi connectivity index (χ4n) is 2.53. The van der Waals surface area contributed by atoms with Gasteiger partial charge in [-0.2, -0.15) is 4.98 Å². The Morgan fingerprint density at radius 3 is 3.00 bits per heavy atom. The number of anilines is 1. The number of ether oxygens (including phenoxy) is 2. The van der Waals surface area contributed by atoms with Crippen molar-refractivity contribution < 1.29 is 14.3 Å². The van der Waals surface area contributed by atoms with Gasteiger partial charge in [-0.3, -0.25) is 4.79 Å². The Bertz CT molecular complexity index is 687. The highest BCUT2D eigenvalue weighted by atomic mass is 32.1. The normalized spacial score (nSPS) is 14.4. The number of amides is 1. The number of hydrogen-bond acceptors (Lipinski definition) is 7. The maximum atomic E-state index is 11.8. The van der Waals surface area contributed by atoms with Crippen molar-refractivity contribution >= 4 is 23.1 Å². The van der Waals surface area contributed by atoms with Crippen LogP contribution in [0.1, 0.15) is 10.7 Å². The first-order valence-corrected chi connectivity index (χ1v) is 9.19. The molecule has 0 aliphatic carbocycles. The largest absolute Gasteiger partial charge is 0.476 e. The first-order valence-electron chi connectivity index (χ1n) is 8.31. The minimum atomic E-state index is -0.000996. The Morgan fingerprint density at radius 2 is 2.24 bits per heavy atom. The highest BCUT2D eigenvalue weighted by Gasteiger charge is 2.14. The van der Waals surface area contributed by atoms with Crippen molar-refractivity contribution in [2.75, 3.05) is 44.4 Å². The lowest BCUT2D eigenvalue weighted by molar-refractivity contribution is -0.120. The van der Waals surface area contributed by atoms with Crippen molar-refractivity contribution in [2.45, 2.75) is 13.3 Å². The summed E-state index contributed by atoms with van der Waals surface area (Å²) in [6.07, 6.45) is 0.408. The molecule has 1 amide bonds. The van der Waals surface area contributed by atoms with Crippen LogP contribution in [0.15, 0.2) is 23.6 Å². The van der Waals surface area contributed by atoms with Gasteiger partial charge in [0.25, 0.3) is 0 Å². The maximum absolute atomic E-state index is 11.8.